The van der Waals surface area contributed by atoms with E-state index in [9.17, 15) is 22.8 Å². The highest BCUT2D eigenvalue weighted by Crippen LogP contribution is 2.37. The summed E-state index contributed by atoms with van der Waals surface area (Å²) in [4.78, 5) is 37.0. The second kappa shape index (κ2) is 13.1. The van der Waals surface area contributed by atoms with Gasteiger partial charge in [0.1, 0.15) is 5.75 Å². The van der Waals surface area contributed by atoms with Crippen LogP contribution in [-0.2, 0) is 17.4 Å². The number of hydrogen-bond donors (Lipinski definition) is 2. The van der Waals surface area contributed by atoms with Crippen molar-refractivity contribution in [2.45, 2.75) is 70.1 Å². The van der Waals surface area contributed by atoms with Crippen LogP contribution in [0.4, 0.5) is 24.8 Å². The van der Waals surface area contributed by atoms with Crippen molar-refractivity contribution in [2.24, 2.45) is 5.92 Å². The molecular formula is C29H39F3N6O3. The average Bonchev–Trinajstić information content (AvgIpc) is 2.92. The van der Waals surface area contributed by atoms with Crippen LogP contribution in [0.5, 0.6) is 5.75 Å². The maximum Gasteiger partial charge on any atom is 0.419 e. The second-order valence-electron chi connectivity index (χ2n) is 11.1. The molecule has 12 heteroatoms. The quantitative estimate of drug-likeness (QED) is 0.472. The number of halogens is 3. The molecule has 2 aromatic rings. The van der Waals surface area contributed by atoms with Crippen molar-refractivity contribution in [2.75, 3.05) is 39.6 Å². The van der Waals surface area contributed by atoms with Crippen molar-refractivity contribution in [1.82, 2.24) is 25.1 Å². The standard InChI is InChI=1S/C29H39F3N6O3/c1-18(39)38(3)25-10-6-5-8-19(25)14-24-22(29(30,31)32)16-33-28(36-24)35-23-12-11-20(15-26(23)41-4)27(40)34-21-9-7-13-37(2)17-21/h11-12,15-16,19,21,25H,5-10,13-14,17H2,1-4H3,(H,34,40)(H,33,35,36)/t19-,21-,25+/m0/s1. The Kier molecular flexibility index (Phi) is 9.72. The fourth-order valence-electron chi connectivity index (χ4n) is 5.90. The van der Waals surface area contributed by atoms with Crippen LogP contribution in [0.25, 0.3) is 0 Å². The Morgan fingerprint density at radius 2 is 1.93 bits per heavy atom. The largest absolute Gasteiger partial charge is 0.495 e. The number of alkyl halides is 3. The summed E-state index contributed by atoms with van der Waals surface area (Å²) in [5, 5.41) is 6.03. The van der Waals surface area contributed by atoms with Gasteiger partial charge >= 0.3 is 6.18 Å². The van der Waals surface area contributed by atoms with Gasteiger partial charge in [-0.15, -0.1) is 0 Å². The first-order chi connectivity index (χ1) is 19.5. The van der Waals surface area contributed by atoms with E-state index in [1.54, 1.807) is 30.1 Å². The third-order valence-electron chi connectivity index (χ3n) is 8.16. The highest BCUT2D eigenvalue weighted by atomic mass is 19.4. The highest BCUT2D eigenvalue weighted by Gasteiger charge is 2.38. The number of rotatable bonds is 8. The molecule has 1 saturated heterocycles. The molecule has 0 spiro atoms. The van der Waals surface area contributed by atoms with Crippen LogP contribution < -0.4 is 15.4 Å². The summed E-state index contributed by atoms with van der Waals surface area (Å²) in [6.45, 7) is 3.25. The molecule has 3 atom stereocenters. The van der Waals surface area contributed by atoms with Crippen molar-refractivity contribution < 1.29 is 27.5 Å². The van der Waals surface area contributed by atoms with Gasteiger partial charge in [-0.3, -0.25) is 9.59 Å². The number of carbonyl (C=O) groups excluding carboxylic acids is 2. The molecule has 0 bridgehead atoms. The van der Waals surface area contributed by atoms with Gasteiger partial charge in [0.15, 0.2) is 0 Å². The number of amides is 2. The van der Waals surface area contributed by atoms with Crippen molar-refractivity contribution in [3.05, 3.63) is 41.2 Å². The van der Waals surface area contributed by atoms with E-state index in [4.69, 9.17) is 4.74 Å². The lowest BCUT2D eigenvalue weighted by Crippen LogP contribution is -2.46. The zero-order valence-corrected chi connectivity index (χ0v) is 24.1. The Labute approximate surface area is 238 Å². The van der Waals surface area contributed by atoms with Crippen LogP contribution in [0, 0.1) is 5.92 Å². The normalized spacial score (nSPS) is 21.7. The number of likely N-dealkylation sites (tertiary alicyclic amines) is 1. The molecule has 2 N–H and O–H groups in total. The van der Waals surface area contributed by atoms with E-state index < -0.39 is 11.7 Å². The summed E-state index contributed by atoms with van der Waals surface area (Å²) < 4.78 is 47.3. The van der Waals surface area contributed by atoms with E-state index in [0.717, 1.165) is 51.4 Å². The minimum absolute atomic E-state index is 0.0129. The topological polar surface area (TPSA) is 99.7 Å². The van der Waals surface area contributed by atoms with Crippen LogP contribution in [-0.4, -0.2) is 78.0 Å². The lowest BCUT2D eigenvalue weighted by Gasteiger charge is -2.37. The molecule has 41 heavy (non-hydrogen) atoms. The first-order valence-corrected chi connectivity index (χ1v) is 14.1. The molecule has 1 saturated carbocycles. The Bertz CT molecular complexity index is 1240. The highest BCUT2D eigenvalue weighted by molar-refractivity contribution is 5.95. The number of nitrogens with zero attached hydrogens (tertiary/aromatic N) is 4. The molecule has 2 fully saturated rings. The predicted molar refractivity (Wildman–Crippen MR) is 149 cm³/mol. The predicted octanol–water partition coefficient (Wildman–Crippen LogP) is 4.65. The molecule has 1 aliphatic heterocycles. The van der Waals surface area contributed by atoms with E-state index in [2.05, 4.69) is 25.5 Å². The number of piperidine rings is 1. The third kappa shape index (κ3) is 7.66. The maximum absolute atomic E-state index is 13.9. The van der Waals surface area contributed by atoms with Gasteiger partial charge in [0.25, 0.3) is 5.91 Å². The number of methoxy groups -OCH3 is 1. The first-order valence-electron chi connectivity index (χ1n) is 14.1. The molecular weight excluding hydrogens is 537 g/mol. The molecule has 224 valence electrons. The van der Waals surface area contributed by atoms with Crippen LogP contribution in [0.15, 0.2) is 24.4 Å². The van der Waals surface area contributed by atoms with Gasteiger partial charge in [0.2, 0.25) is 11.9 Å². The summed E-state index contributed by atoms with van der Waals surface area (Å²) in [5.74, 6) is -0.170. The molecule has 2 amide bonds. The van der Waals surface area contributed by atoms with Gasteiger partial charge < -0.3 is 25.2 Å². The van der Waals surface area contributed by atoms with Gasteiger partial charge in [-0.25, -0.2) is 9.97 Å². The number of carbonyl (C=O) groups is 2. The fourth-order valence-corrected chi connectivity index (χ4v) is 5.90. The van der Waals surface area contributed by atoms with E-state index in [1.165, 1.54) is 14.0 Å². The van der Waals surface area contributed by atoms with Crippen LogP contribution in [0.3, 0.4) is 0 Å². The second-order valence-corrected chi connectivity index (χ2v) is 11.1. The van der Waals surface area contributed by atoms with Crippen LogP contribution in [0.2, 0.25) is 0 Å². The van der Waals surface area contributed by atoms with Crippen LogP contribution >= 0.6 is 0 Å². The average molecular weight is 577 g/mol. The van der Waals surface area contributed by atoms with E-state index >= 15 is 0 Å². The summed E-state index contributed by atoms with van der Waals surface area (Å²) in [5.41, 5.74) is -0.173. The summed E-state index contributed by atoms with van der Waals surface area (Å²) >= 11 is 0. The Morgan fingerprint density at radius 1 is 1.17 bits per heavy atom. The summed E-state index contributed by atoms with van der Waals surface area (Å²) in [7, 11) is 5.17. The number of hydrogen-bond acceptors (Lipinski definition) is 7. The molecule has 0 unspecified atom stereocenters. The summed E-state index contributed by atoms with van der Waals surface area (Å²) in [6, 6.07) is 4.74. The van der Waals surface area contributed by atoms with Gasteiger partial charge in [-0.2, -0.15) is 13.2 Å². The SMILES string of the molecule is COc1cc(C(=O)N[C@H]2CCCN(C)C2)ccc1Nc1ncc(C(F)(F)F)c(C[C@@H]2CCCC[C@H]2N(C)C(C)=O)n1. The van der Waals surface area contributed by atoms with E-state index in [-0.39, 0.29) is 47.9 Å². The Balaban J connectivity index is 1.55. The Morgan fingerprint density at radius 3 is 2.61 bits per heavy atom. The monoisotopic (exact) mass is 576 g/mol. The minimum Gasteiger partial charge on any atom is -0.495 e. The van der Waals surface area contributed by atoms with E-state index in [1.807, 2.05) is 7.05 Å². The minimum atomic E-state index is -4.62. The lowest BCUT2D eigenvalue weighted by molar-refractivity contribution is -0.139. The number of nitrogens with one attached hydrogen (secondary N) is 2. The first kappa shape index (κ1) is 30.5. The van der Waals surface area contributed by atoms with E-state index in [0.29, 0.717) is 23.4 Å². The zero-order valence-electron chi connectivity index (χ0n) is 24.1. The molecule has 0 radical (unpaired) electrons. The molecule has 2 heterocycles. The van der Waals surface area contributed by atoms with Crippen LogP contribution in [0.1, 0.15) is 67.1 Å². The van der Waals surface area contributed by atoms with Gasteiger partial charge in [-0.05, 0) is 69.8 Å². The zero-order chi connectivity index (χ0) is 29.7. The van der Waals surface area contributed by atoms with Crippen molar-refractivity contribution in [3.63, 3.8) is 0 Å². The Hall–Kier alpha value is -3.41. The van der Waals surface area contributed by atoms with Gasteiger partial charge in [0, 0.05) is 44.4 Å². The molecule has 4 rings (SSSR count). The van der Waals surface area contributed by atoms with Gasteiger partial charge in [-0.1, -0.05) is 12.8 Å². The fraction of sp³-hybridized carbons (Fsp3) is 0.586. The molecule has 9 nitrogen and oxygen atoms in total. The molecule has 1 aromatic heterocycles. The molecule has 2 aliphatic rings. The maximum atomic E-state index is 13.9. The smallest absolute Gasteiger partial charge is 0.419 e. The summed E-state index contributed by atoms with van der Waals surface area (Å²) in [6.07, 6.45) is 1.43. The van der Waals surface area contributed by atoms with Crippen molar-refractivity contribution >= 4 is 23.5 Å². The van der Waals surface area contributed by atoms with Gasteiger partial charge in [0.05, 0.1) is 24.1 Å². The van der Waals surface area contributed by atoms with Crippen molar-refractivity contribution in [1.29, 1.82) is 0 Å². The number of ether oxygens (including phenoxy) is 1. The number of anilines is 2. The van der Waals surface area contributed by atoms with Crippen molar-refractivity contribution in [3.8, 4) is 5.75 Å². The number of aromatic nitrogens is 2. The number of benzene rings is 1. The molecule has 1 aromatic carbocycles. The lowest BCUT2D eigenvalue weighted by atomic mass is 9.80. The third-order valence-corrected chi connectivity index (χ3v) is 8.16. The molecule has 1 aliphatic carbocycles. The number of likely N-dealkylation sites (N-methyl/N-ethyl adjacent to an activating group) is 1.